The highest BCUT2D eigenvalue weighted by Gasteiger charge is 2.27. The number of unbranched alkanes of at least 4 members (excludes halogenated alkanes) is 16. The Morgan fingerprint density at radius 1 is 0.673 bits per heavy atom. The predicted octanol–water partition coefficient (Wildman–Crippen LogP) is 8.52. The molecule has 0 heterocycles. The van der Waals surface area contributed by atoms with Gasteiger partial charge in [-0.15, -0.1) is 6.42 Å². The fraction of sp³-hybridized carbons (Fsp3) is 0.895. The summed E-state index contributed by atoms with van der Waals surface area (Å²) in [7, 11) is -0.496. The van der Waals surface area contributed by atoms with Gasteiger partial charge in [-0.3, -0.25) is 18.6 Å². The average molecular weight is 719 g/mol. The Kier molecular flexibility index (Phi) is 30.3. The number of hydrogen-bond donors (Lipinski definition) is 2. The number of phosphoric acid groups is 1. The van der Waals surface area contributed by atoms with Crippen LogP contribution in [0, 0.1) is 18.3 Å². The van der Waals surface area contributed by atoms with Crippen molar-refractivity contribution in [3.8, 4) is 12.3 Å². The van der Waals surface area contributed by atoms with Crippen molar-refractivity contribution in [3.63, 3.8) is 0 Å². The number of likely N-dealkylation sites (N-methyl/N-ethyl adjacent to an activating group) is 1. The average Bonchev–Trinajstić information content (AvgIpc) is 3.06. The molecular weight excluding hydrogens is 645 g/mol. The standard InChI is InChI=1S/C38H72NO9P/c1-6-9-11-13-15-17-19-21-23-27-37(41)45-32-35(33-46-38(42)28-24-22-20-18-16-14-12-10-7-2)34-48-49(43,44)47-31-30-39(4,5)29-25-26-36(40)8-3/h3,35-36,40H,6-7,9-34H2,1-2,4-5H3/p+1. The van der Waals surface area contributed by atoms with Crippen molar-refractivity contribution in [2.75, 3.05) is 53.6 Å². The van der Waals surface area contributed by atoms with Gasteiger partial charge >= 0.3 is 19.8 Å². The Labute approximate surface area is 299 Å². The molecule has 0 aromatic rings. The maximum Gasteiger partial charge on any atom is 0.472 e. The van der Waals surface area contributed by atoms with Gasteiger partial charge in [-0.05, 0) is 25.7 Å². The quantitative estimate of drug-likeness (QED) is 0.0218. The molecule has 0 amide bonds. The molecule has 0 radical (unpaired) electrons. The molecule has 288 valence electrons. The number of nitrogens with zero attached hydrogens (tertiary/aromatic N) is 1. The van der Waals surface area contributed by atoms with E-state index in [9.17, 15) is 24.2 Å². The molecule has 0 saturated carbocycles. The van der Waals surface area contributed by atoms with Crippen LogP contribution in [0.5, 0.6) is 0 Å². The summed E-state index contributed by atoms with van der Waals surface area (Å²) in [6.45, 7) is 5.10. The lowest BCUT2D eigenvalue weighted by molar-refractivity contribution is -0.890. The molecule has 0 aromatic carbocycles. The highest BCUT2D eigenvalue weighted by molar-refractivity contribution is 7.47. The SMILES string of the molecule is C#CC(O)CCC[N+](C)(C)CCOP(=O)(O)OCC(COC(=O)CCCCCCCCCCC)COC(=O)CCCCCCCCCCC. The summed E-state index contributed by atoms with van der Waals surface area (Å²) >= 11 is 0. The van der Waals surface area contributed by atoms with Gasteiger partial charge in [-0.2, -0.15) is 0 Å². The third-order valence-corrected chi connectivity index (χ3v) is 9.77. The molecule has 0 aliphatic rings. The zero-order chi connectivity index (χ0) is 36.6. The first-order valence-electron chi connectivity index (χ1n) is 19.3. The first-order valence-corrected chi connectivity index (χ1v) is 20.8. The molecule has 2 atom stereocenters. The van der Waals surface area contributed by atoms with Crippen LogP contribution in [0.25, 0.3) is 0 Å². The molecule has 0 aromatic heterocycles. The summed E-state index contributed by atoms with van der Waals surface area (Å²) in [6, 6.07) is 0. The largest absolute Gasteiger partial charge is 0.472 e. The molecule has 2 unspecified atom stereocenters. The Balaban J connectivity index is 4.69. The topological polar surface area (TPSA) is 129 Å². The number of quaternary nitrogens is 1. The van der Waals surface area contributed by atoms with Crippen LogP contribution in [0.1, 0.15) is 155 Å². The number of rotatable bonds is 35. The highest BCUT2D eigenvalue weighted by Crippen LogP contribution is 2.43. The lowest BCUT2D eigenvalue weighted by Gasteiger charge is -2.30. The molecule has 0 rings (SSSR count). The highest BCUT2D eigenvalue weighted by atomic mass is 31.2. The first-order chi connectivity index (χ1) is 23.4. The van der Waals surface area contributed by atoms with Crippen molar-refractivity contribution >= 4 is 19.8 Å². The van der Waals surface area contributed by atoms with E-state index in [1.807, 2.05) is 14.1 Å². The van der Waals surface area contributed by atoms with Gasteiger partial charge < -0.3 is 24.0 Å². The molecule has 2 N–H and O–H groups in total. The second-order valence-electron chi connectivity index (χ2n) is 14.2. The van der Waals surface area contributed by atoms with Crippen LogP contribution >= 0.6 is 7.82 Å². The van der Waals surface area contributed by atoms with E-state index in [4.69, 9.17) is 24.9 Å². The molecule has 0 aliphatic heterocycles. The predicted molar refractivity (Wildman–Crippen MR) is 197 cm³/mol. The molecular formula is C38H73NO9P+. The van der Waals surface area contributed by atoms with Gasteiger partial charge in [0, 0.05) is 12.8 Å². The van der Waals surface area contributed by atoms with Gasteiger partial charge in [0.1, 0.15) is 19.3 Å². The lowest BCUT2D eigenvalue weighted by atomic mass is 10.1. The van der Waals surface area contributed by atoms with Crippen LogP contribution in [-0.2, 0) is 32.7 Å². The molecule has 49 heavy (non-hydrogen) atoms. The van der Waals surface area contributed by atoms with E-state index in [-0.39, 0.29) is 38.4 Å². The summed E-state index contributed by atoms with van der Waals surface area (Å²) in [5, 5.41) is 9.56. The molecule has 0 bridgehead atoms. The van der Waals surface area contributed by atoms with E-state index in [1.165, 1.54) is 77.0 Å². The summed E-state index contributed by atoms with van der Waals surface area (Å²) in [5.41, 5.74) is 0. The van der Waals surface area contributed by atoms with Gasteiger partial charge in [0.2, 0.25) is 0 Å². The van der Waals surface area contributed by atoms with Gasteiger partial charge in [-0.1, -0.05) is 123 Å². The van der Waals surface area contributed by atoms with E-state index >= 15 is 0 Å². The van der Waals surface area contributed by atoms with Crippen LogP contribution in [-0.4, -0.2) is 86.1 Å². The smallest absolute Gasteiger partial charge is 0.465 e. The maximum atomic E-state index is 12.7. The summed E-state index contributed by atoms with van der Waals surface area (Å²) in [5.74, 6) is 0.999. The number of hydrogen-bond acceptors (Lipinski definition) is 8. The Hall–Kier alpha value is -1.47. The van der Waals surface area contributed by atoms with Gasteiger partial charge in [0.25, 0.3) is 0 Å². The number of aliphatic hydroxyl groups is 1. The molecule has 0 aliphatic carbocycles. The van der Waals surface area contributed by atoms with Crippen molar-refractivity contribution in [2.45, 2.75) is 161 Å². The maximum absolute atomic E-state index is 12.7. The summed E-state index contributed by atoms with van der Waals surface area (Å²) in [4.78, 5) is 35.2. The number of terminal acetylenes is 1. The van der Waals surface area contributed by atoms with Crippen molar-refractivity contribution in [1.29, 1.82) is 0 Å². The number of aliphatic hydroxyl groups excluding tert-OH is 1. The molecule has 0 fully saturated rings. The minimum Gasteiger partial charge on any atom is -0.465 e. The number of carbonyl (C=O) groups excluding carboxylic acids is 2. The molecule has 11 heteroatoms. The van der Waals surface area contributed by atoms with Crippen LogP contribution in [0.4, 0.5) is 0 Å². The number of esters is 2. The Morgan fingerprint density at radius 2 is 1.10 bits per heavy atom. The second kappa shape index (κ2) is 31.3. The summed E-state index contributed by atoms with van der Waals surface area (Å²) < 4.78 is 34.6. The normalized spacial score (nSPS) is 13.6. The molecule has 0 spiro atoms. The zero-order valence-electron chi connectivity index (χ0n) is 31.7. The minimum absolute atomic E-state index is 0.0232. The van der Waals surface area contributed by atoms with E-state index in [2.05, 4.69) is 19.8 Å². The first kappa shape index (κ1) is 47.5. The van der Waals surface area contributed by atoms with Crippen LogP contribution in [0.15, 0.2) is 0 Å². The third-order valence-electron chi connectivity index (χ3n) is 8.79. The lowest BCUT2D eigenvalue weighted by Crippen LogP contribution is -2.43. The van der Waals surface area contributed by atoms with Crippen LogP contribution in [0.2, 0.25) is 0 Å². The van der Waals surface area contributed by atoms with Gasteiger partial charge in [0.15, 0.2) is 0 Å². The number of carbonyl (C=O) groups is 2. The van der Waals surface area contributed by atoms with Crippen molar-refractivity contribution in [1.82, 2.24) is 0 Å². The van der Waals surface area contributed by atoms with Crippen molar-refractivity contribution < 1.29 is 47.2 Å². The monoisotopic (exact) mass is 719 g/mol. The summed E-state index contributed by atoms with van der Waals surface area (Å²) in [6.07, 6.45) is 26.9. The minimum atomic E-state index is -4.41. The van der Waals surface area contributed by atoms with E-state index in [0.29, 0.717) is 43.3 Å². The fourth-order valence-electron chi connectivity index (χ4n) is 5.42. The van der Waals surface area contributed by atoms with Crippen molar-refractivity contribution in [3.05, 3.63) is 0 Å². The van der Waals surface area contributed by atoms with E-state index < -0.39 is 19.8 Å². The number of phosphoric ester groups is 1. The van der Waals surface area contributed by atoms with Crippen molar-refractivity contribution in [2.24, 2.45) is 5.92 Å². The van der Waals surface area contributed by atoms with Gasteiger partial charge in [0.05, 0.1) is 46.4 Å². The zero-order valence-corrected chi connectivity index (χ0v) is 32.6. The van der Waals surface area contributed by atoms with Crippen LogP contribution < -0.4 is 0 Å². The van der Waals surface area contributed by atoms with Gasteiger partial charge in [-0.25, -0.2) is 4.57 Å². The molecule has 10 nitrogen and oxygen atoms in total. The second-order valence-corrected chi connectivity index (χ2v) is 15.6. The molecule has 0 saturated heterocycles. The van der Waals surface area contributed by atoms with E-state index in [0.717, 1.165) is 38.5 Å². The number of ether oxygens (including phenoxy) is 2. The third kappa shape index (κ3) is 32.2. The Bertz CT molecular complexity index is 870. The van der Waals surface area contributed by atoms with Crippen LogP contribution in [0.3, 0.4) is 0 Å². The van der Waals surface area contributed by atoms with E-state index in [1.54, 1.807) is 0 Å². The fourth-order valence-corrected chi connectivity index (χ4v) is 6.20. The Morgan fingerprint density at radius 3 is 1.53 bits per heavy atom.